The molecule has 0 spiro atoms. The number of imidazole rings is 1. The van der Waals surface area contributed by atoms with Crippen molar-refractivity contribution in [1.29, 1.82) is 0 Å². The molecule has 0 atom stereocenters. The van der Waals surface area contributed by atoms with Crippen molar-refractivity contribution in [2.75, 3.05) is 5.32 Å². The van der Waals surface area contributed by atoms with Crippen LogP contribution >= 0.6 is 0 Å². The second-order valence-corrected chi connectivity index (χ2v) is 6.13. The van der Waals surface area contributed by atoms with E-state index in [2.05, 4.69) is 78.5 Å². The lowest BCUT2D eigenvalue weighted by atomic mass is 9.97. The molecule has 2 N–H and O–H groups in total. The molecule has 0 fully saturated rings. The minimum atomic E-state index is 0.822. The highest BCUT2D eigenvalue weighted by molar-refractivity contribution is 5.58. The third kappa shape index (κ3) is 3.51. The molecule has 0 unspecified atom stereocenters. The van der Waals surface area contributed by atoms with Gasteiger partial charge in [-0.3, -0.25) is 0 Å². The van der Waals surface area contributed by atoms with Gasteiger partial charge in [0.1, 0.15) is 11.6 Å². The zero-order valence-electron chi connectivity index (χ0n) is 14.7. The number of hydrogen-bond acceptors (Lipinski definition) is 2. The summed E-state index contributed by atoms with van der Waals surface area (Å²) in [5.41, 5.74) is 6.61. The summed E-state index contributed by atoms with van der Waals surface area (Å²) in [6.07, 6.45) is 3.99. The molecule has 3 aromatic rings. The first-order chi connectivity index (χ1) is 11.7. The molecule has 0 amide bonds. The third-order valence-electron chi connectivity index (χ3n) is 4.49. The summed E-state index contributed by atoms with van der Waals surface area (Å²) in [4.78, 5) is 7.87. The maximum absolute atomic E-state index is 4.50. The summed E-state index contributed by atoms with van der Waals surface area (Å²) in [7, 11) is 0. The van der Waals surface area contributed by atoms with E-state index >= 15 is 0 Å². The molecular weight excluding hydrogens is 294 g/mol. The molecule has 0 bridgehead atoms. The lowest BCUT2D eigenvalue weighted by Gasteiger charge is -2.13. The highest BCUT2D eigenvalue weighted by atomic mass is 15.1. The van der Waals surface area contributed by atoms with Crippen molar-refractivity contribution < 1.29 is 0 Å². The summed E-state index contributed by atoms with van der Waals surface area (Å²) in [6.45, 7) is 7.34. The number of hydrogen-bond donors (Lipinski definition) is 2. The van der Waals surface area contributed by atoms with Gasteiger partial charge in [-0.15, -0.1) is 0 Å². The van der Waals surface area contributed by atoms with Gasteiger partial charge in [-0.25, -0.2) is 4.98 Å². The minimum Gasteiger partial charge on any atom is -0.366 e. The summed E-state index contributed by atoms with van der Waals surface area (Å²) in [5, 5.41) is 3.49. The normalized spacial score (nSPS) is 10.8. The van der Waals surface area contributed by atoms with E-state index in [4.69, 9.17) is 0 Å². The largest absolute Gasteiger partial charge is 0.366 e. The number of rotatable bonds is 6. The van der Waals surface area contributed by atoms with Crippen LogP contribution in [0.15, 0.2) is 48.7 Å². The number of nitrogens with one attached hydrogen (secondary N) is 2. The van der Waals surface area contributed by atoms with Crippen LogP contribution in [0.3, 0.4) is 0 Å². The van der Waals surface area contributed by atoms with E-state index in [1.54, 1.807) is 0 Å². The van der Waals surface area contributed by atoms with Crippen molar-refractivity contribution in [3.8, 4) is 11.4 Å². The molecule has 3 nitrogen and oxygen atoms in total. The van der Waals surface area contributed by atoms with Crippen LogP contribution in [0.4, 0.5) is 5.82 Å². The Hall–Kier alpha value is -2.55. The average molecular weight is 319 g/mol. The molecule has 24 heavy (non-hydrogen) atoms. The van der Waals surface area contributed by atoms with Crippen LogP contribution in [0.2, 0.25) is 0 Å². The van der Waals surface area contributed by atoms with Crippen LogP contribution in [0.25, 0.3) is 11.4 Å². The zero-order chi connectivity index (χ0) is 16.9. The molecule has 0 saturated carbocycles. The van der Waals surface area contributed by atoms with E-state index < -0.39 is 0 Å². The molecule has 0 aliphatic carbocycles. The Labute approximate surface area is 144 Å². The monoisotopic (exact) mass is 319 g/mol. The van der Waals surface area contributed by atoms with Crippen molar-refractivity contribution in [3.63, 3.8) is 0 Å². The van der Waals surface area contributed by atoms with Gasteiger partial charge in [-0.1, -0.05) is 61.9 Å². The van der Waals surface area contributed by atoms with Gasteiger partial charge >= 0.3 is 0 Å². The molecule has 3 heteroatoms. The predicted octanol–water partition coefficient (Wildman–Crippen LogP) is 5.12. The lowest BCUT2D eigenvalue weighted by Crippen LogP contribution is -2.06. The Kier molecular flexibility index (Phi) is 4.99. The van der Waals surface area contributed by atoms with Crippen LogP contribution in [0, 0.1) is 6.92 Å². The first-order valence-electron chi connectivity index (χ1n) is 8.66. The molecular formula is C21H25N3. The molecule has 124 valence electrons. The van der Waals surface area contributed by atoms with Gasteiger partial charge in [-0.2, -0.15) is 0 Å². The first kappa shape index (κ1) is 16.3. The number of benzene rings is 2. The Morgan fingerprint density at radius 3 is 2.25 bits per heavy atom. The lowest BCUT2D eigenvalue weighted by molar-refractivity contribution is 0.983. The molecule has 3 rings (SSSR count). The fourth-order valence-corrected chi connectivity index (χ4v) is 3.03. The second kappa shape index (κ2) is 7.35. The Balaban J connectivity index is 1.75. The van der Waals surface area contributed by atoms with Crippen LogP contribution in [-0.2, 0) is 19.4 Å². The third-order valence-corrected chi connectivity index (χ3v) is 4.49. The standard InChI is InChI=1S/C21H25N3/c1-4-16-7-6-8-17(5-2)19(16)13-22-20-14-23-21(24-20)18-11-9-15(3)10-12-18/h6-12,14,22H,4-5,13H2,1-3H3,(H,23,24). The molecule has 0 saturated heterocycles. The number of aromatic nitrogens is 2. The van der Waals surface area contributed by atoms with Crippen LogP contribution in [0.5, 0.6) is 0 Å². The Morgan fingerprint density at radius 2 is 1.62 bits per heavy atom. The van der Waals surface area contributed by atoms with Gasteiger partial charge in [0, 0.05) is 12.1 Å². The fourth-order valence-electron chi connectivity index (χ4n) is 3.03. The van der Waals surface area contributed by atoms with Gasteiger partial charge in [0.05, 0.1) is 6.20 Å². The van der Waals surface area contributed by atoms with E-state index in [9.17, 15) is 0 Å². The number of aromatic amines is 1. The van der Waals surface area contributed by atoms with E-state index in [-0.39, 0.29) is 0 Å². The summed E-state index contributed by atoms with van der Waals surface area (Å²) < 4.78 is 0. The number of H-pyrrole nitrogens is 1. The van der Waals surface area contributed by atoms with E-state index in [1.165, 1.54) is 22.3 Å². The quantitative estimate of drug-likeness (QED) is 0.662. The van der Waals surface area contributed by atoms with Crippen molar-refractivity contribution in [1.82, 2.24) is 9.97 Å². The van der Waals surface area contributed by atoms with Gasteiger partial charge in [0.2, 0.25) is 0 Å². The molecule has 0 radical (unpaired) electrons. The average Bonchev–Trinajstić information content (AvgIpc) is 3.09. The molecule has 0 aliphatic heterocycles. The smallest absolute Gasteiger partial charge is 0.138 e. The number of nitrogens with zero attached hydrogens (tertiary/aromatic N) is 1. The van der Waals surface area contributed by atoms with E-state index in [1.807, 2.05) is 6.20 Å². The maximum Gasteiger partial charge on any atom is 0.138 e. The Bertz CT molecular complexity index is 778. The fraction of sp³-hybridized carbons (Fsp3) is 0.286. The Morgan fingerprint density at radius 1 is 0.958 bits per heavy atom. The highest BCUT2D eigenvalue weighted by Crippen LogP contribution is 2.21. The molecule has 1 aromatic heterocycles. The molecule has 2 aromatic carbocycles. The van der Waals surface area contributed by atoms with Crippen LogP contribution < -0.4 is 5.32 Å². The molecule has 1 heterocycles. The minimum absolute atomic E-state index is 0.822. The summed E-state index contributed by atoms with van der Waals surface area (Å²) in [6, 6.07) is 15.0. The zero-order valence-corrected chi connectivity index (χ0v) is 14.7. The first-order valence-corrected chi connectivity index (χ1v) is 8.66. The van der Waals surface area contributed by atoms with Crippen LogP contribution in [-0.4, -0.2) is 9.97 Å². The predicted molar refractivity (Wildman–Crippen MR) is 101 cm³/mol. The van der Waals surface area contributed by atoms with Gasteiger partial charge in [-0.05, 0) is 36.5 Å². The van der Waals surface area contributed by atoms with Crippen molar-refractivity contribution >= 4 is 5.82 Å². The second-order valence-electron chi connectivity index (χ2n) is 6.13. The number of anilines is 1. The summed E-state index contributed by atoms with van der Waals surface area (Å²) in [5.74, 6) is 1.86. The molecule has 0 aliphatic rings. The SMILES string of the molecule is CCc1cccc(CC)c1CNc1cnc(-c2ccc(C)cc2)[nH]1. The number of aryl methyl sites for hydroxylation is 3. The van der Waals surface area contributed by atoms with E-state index in [0.29, 0.717) is 0 Å². The van der Waals surface area contributed by atoms with Gasteiger partial charge in [0.25, 0.3) is 0 Å². The van der Waals surface area contributed by atoms with Crippen molar-refractivity contribution in [3.05, 3.63) is 70.9 Å². The maximum atomic E-state index is 4.50. The topological polar surface area (TPSA) is 40.7 Å². The van der Waals surface area contributed by atoms with Crippen LogP contribution in [0.1, 0.15) is 36.1 Å². The highest BCUT2D eigenvalue weighted by Gasteiger charge is 2.08. The van der Waals surface area contributed by atoms with Crippen molar-refractivity contribution in [2.45, 2.75) is 40.2 Å². The van der Waals surface area contributed by atoms with Gasteiger partial charge in [0.15, 0.2) is 0 Å². The van der Waals surface area contributed by atoms with E-state index in [0.717, 1.165) is 36.6 Å². The van der Waals surface area contributed by atoms with Gasteiger partial charge < -0.3 is 10.3 Å². The summed E-state index contributed by atoms with van der Waals surface area (Å²) >= 11 is 0. The van der Waals surface area contributed by atoms with Crippen molar-refractivity contribution in [2.24, 2.45) is 0 Å².